The van der Waals surface area contributed by atoms with Crippen LogP contribution < -0.4 is 5.32 Å². The average molecular weight is 293 g/mol. The number of rotatable bonds is 4. The summed E-state index contributed by atoms with van der Waals surface area (Å²) in [4.78, 5) is 30.2. The van der Waals surface area contributed by atoms with E-state index < -0.39 is 6.04 Å². The van der Waals surface area contributed by atoms with Gasteiger partial charge in [-0.3, -0.25) is 9.59 Å². The predicted octanol–water partition coefficient (Wildman–Crippen LogP) is 0.412. The van der Waals surface area contributed by atoms with E-state index in [0.29, 0.717) is 11.6 Å². The van der Waals surface area contributed by atoms with Crippen molar-refractivity contribution in [2.45, 2.75) is 52.6 Å². The van der Waals surface area contributed by atoms with Gasteiger partial charge in [-0.1, -0.05) is 0 Å². The molecular weight excluding hydrogens is 270 g/mol. The highest BCUT2D eigenvalue weighted by molar-refractivity contribution is 5.87. The molecule has 1 aliphatic heterocycles. The summed E-state index contributed by atoms with van der Waals surface area (Å²) in [7, 11) is 0. The van der Waals surface area contributed by atoms with Crippen LogP contribution in [0.1, 0.15) is 37.8 Å². The number of nitrogens with one attached hydrogen (secondary N) is 1. The molecule has 116 valence electrons. The number of aromatic nitrogens is 3. The summed E-state index contributed by atoms with van der Waals surface area (Å²) in [5, 5.41) is 6.88. The van der Waals surface area contributed by atoms with E-state index >= 15 is 0 Å². The van der Waals surface area contributed by atoms with Crippen molar-refractivity contribution in [3.63, 3.8) is 0 Å². The maximum atomic E-state index is 12.2. The fraction of sp³-hybridized carbons (Fsp3) is 0.714. The highest BCUT2D eigenvalue weighted by atomic mass is 16.2. The molecule has 2 heterocycles. The minimum Gasteiger partial charge on any atom is -0.343 e. The van der Waals surface area contributed by atoms with Gasteiger partial charge >= 0.3 is 0 Å². The highest BCUT2D eigenvalue weighted by Crippen LogP contribution is 2.10. The van der Waals surface area contributed by atoms with E-state index in [4.69, 9.17) is 0 Å². The third-order valence-electron chi connectivity index (χ3n) is 3.67. The van der Waals surface area contributed by atoms with Crippen LogP contribution in [0.5, 0.6) is 0 Å². The van der Waals surface area contributed by atoms with Crippen molar-refractivity contribution in [1.82, 2.24) is 25.0 Å². The van der Waals surface area contributed by atoms with E-state index in [1.165, 1.54) is 6.42 Å². The van der Waals surface area contributed by atoms with Crippen LogP contribution >= 0.6 is 0 Å². The summed E-state index contributed by atoms with van der Waals surface area (Å²) in [6.07, 6.45) is 3.27. The van der Waals surface area contributed by atoms with E-state index in [1.807, 2.05) is 4.90 Å². The Labute approximate surface area is 124 Å². The summed E-state index contributed by atoms with van der Waals surface area (Å²) in [5.41, 5.74) is 0. The molecule has 0 radical (unpaired) electrons. The van der Waals surface area contributed by atoms with Crippen molar-refractivity contribution in [2.24, 2.45) is 0 Å². The van der Waals surface area contributed by atoms with Gasteiger partial charge in [0, 0.05) is 13.1 Å². The Hall–Kier alpha value is -1.92. The molecule has 2 amide bonds. The van der Waals surface area contributed by atoms with Gasteiger partial charge in [0.15, 0.2) is 0 Å². The monoisotopic (exact) mass is 293 g/mol. The number of aryl methyl sites for hydroxylation is 2. The minimum atomic E-state index is -0.500. The van der Waals surface area contributed by atoms with Gasteiger partial charge in [0.2, 0.25) is 11.8 Å². The van der Waals surface area contributed by atoms with E-state index in [2.05, 4.69) is 15.4 Å². The largest absolute Gasteiger partial charge is 0.343 e. The number of piperidine rings is 1. The molecule has 1 saturated heterocycles. The molecule has 1 fully saturated rings. The number of likely N-dealkylation sites (tertiary alicyclic amines) is 1. The lowest BCUT2D eigenvalue weighted by Crippen LogP contribution is -2.49. The summed E-state index contributed by atoms with van der Waals surface area (Å²) in [6, 6.07) is -0.500. The Morgan fingerprint density at radius 2 is 1.90 bits per heavy atom. The molecule has 0 aliphatic carbocycles. The van der Waals surface area contributed by atoms with Crippen molar-refractivity contribution < 1.29 is 9.59 Å². The second-order valence-electron chi connectivity index (χ2n) is 5.54. The second kappa shape index (κ2) is 6.69. The summed E-state index contributed by atoms with van der Waals surface area (Å²) >= 11 is 0. The molecule has 1 aromatic rings. The zero-order valence-corrected chi connectivity index (χ0v) is 12.9. The van der Waals surface area contributed by atoms with Crippen molar-refractivity contribution in [3.05, 3.63) is 11.6 Å². The number of hydrogen-bond donors (Lipinski definition) is 1. The van der Waals surface area contributed by atoms with Crippen molar-refractivity contribution in [2.75, 3.05) is 13.1 Å². The summed E-state index contributed by atoms with van der Waals surface area (Å²) in [6.45, 7) is 6.99. The summed E-state index contributed by atoms with van der Waals surface area (Å²) in [5.74, 6) is 1.10. The Bertz CT molecular complexity index is 519. The van der Waals surface area contributed by atoms with Gasteiger partial charge in [0.25, 0.3) is 0 Å². The molecule has 7 heteroatoms. The zero-order chi connectivity index (χ0) is 15.4. The predicted molar refractivity (Wildman–Crippen MR) is 77.5 cm³/mol. The number of amides is 2. The van der Waals surface area contributed by atoms with Gasteiger partial charge in [0.1, 0.15) is 24.2 Å². The first-order chi connectivity index (χ1) is 9.97. The van der Waals surface area contributed by atoms with Crippen LogP contribution in [-0.4, -0.2) is 50.6 Å². The standard InChI is InChI=1S/C14H23N5O2/c1-10(14(21)18-7-5-4-6-8-18)15-13(20)9-19-12(3)16-11(2)17-19/h10H,4-9H2,1-3H3,(H,15,20)/t10-/m0/s1. The van der Waals surface area contributed by atoms with Crippen LogP contribution in [0.15, 0.2) is 0 Å². The lowest BCUT2D eigenvalue weighted by Gasteiger charge is -2.29. The molecule has 2 rings (SSSR count). The van der Waals surface area contributed by atoms with Gasteiger partial charge in [-0.05, 0) is 40.0 Å². The maximum Gasteiger partial charge on any atom is 0.244 e. The number of hydrogen-bond acceptors (Lipinski definition) is 4. The molecule has 1 aromatic heterocycles. The first-order valence-corrected chi connectivity index (χ1v) is 7.43. The lowest BCUT2D eigenvalue weighted by atomic mass is 10.1. The van der Waals surface area contributed by atoms with Crippen molar-refractivity contribution >= 4 is 11.8 Å². The molecule has 0 saturated carbocycles. The van der Waals surface area contributed by atoms with E-state index in [0.717, 1.165) is 25.9 Å². The molecule has 0 bridgehead atoms. The van der Waals surface area contributed by atoms with Crippen molar-refractivity contribution in [1.29, 1.82) is 0 Å². The van der Waals surface area contributed by atoms with Crippen LogP contribution in [-0.2, 0) is 16.1 Å². The molecule has 1 N–H and O–H groups in total. The molecule has 0 aromatic carbocycles. The third kappa shape index (κ3) is 4.03. The quantitative estimate of drug-likeness (QED) is 0.872. The molecule has 7 nitrogen and oxygen atoms in total. The SMILES string of the molecule is Cc1nc(C)n(CC(=O)N[C@@H](C)C(=O)N2CCCCC2)n1. The Kier molecular flexibility index (Phi) is 4.93. The van der Waals surface area contributed by atoms with Gasteiger partial charge in [-0.25, -0.2) is 9.67 Å². The van der Waals surface area contributed by atoms with Crippen LogP contribution in [0.3, 0.4) is 0 Å². The van der Waals surface area contributed by atoms with Crippen LogP contribution in [0.25, 0.3) is 0 Å². The highest BCUT2D eigenvalue weighted by Gasteiger charge is 2.23. The van der Waals surface area contributed by atoms with Gasteiger partial charge in [-0.2, -0.15) is 5.10 Å². The van der Waals surface area contributed by atoms with Crippen LogP contribution in [0, 0.1) is 13.8 Å². The zero-order valence-electron chi connectivity index (χ0n) is 12.9. The van der Waals surface area contributed by atoms with Gasteiger partial charge in [-0.15, -0.1) is 0 Å². The third-order valence-corrected chi connectivity index (χ3v) is 3.67. The number of nitrogens with zero attached hydrogens (tertiary/aromatic N) is 4. The fourth-order valence-electron chi connectivity index (χ4n) is 2.58. The lowest BCUT2D eigenvalue weighted by molar-refractivity contribution is -0.136. The number of carbonyl (C=O) groups excluding carboxylic acids is 2. The first-order valence-electron chi connectivity index (χ1n) is 7.43. The van der Waals surface area contributed by atoms with Crippen LogP contribution in [0.2, 0.25) is 0 Å². The fourth-order valence-corrected chi connectivity index (χ4v) is 2.58. The topological polar surface area (TPSA) is 80.1 Å². The molecule has 0 spiro atoms. The smallest absolute Gasteiger partial charge is 0.244 e. The Morgan fingerprint density at radius 1 is 1.24 bits per heavy atom. The minimum absolute atomic E-state index is 0.00505. The number of carbonyl (C=O) groups is 2. The molecule has 21 heavy (non-hydrogen) atoms. The van der Waals surface area contributed by atoms with Gasteiger partial charge in [0.05, 0.1) is 0 Å². The molecule has 1 atom stereocenters. The molecule has 1 aliphatic rings. The maximum absolute atomic E-state index is 12.2. The van der Waals surface area contributed by atoms with Crippen molar-refractivity contribution in [3.8, 4) is 0 Å². The van der Waals surface area contributed by atoms with Gasteiger partial charge < -0.3 is 10.2 Å². The average Bonchev–Trinajstić information content (AvgIpc) is 2.76. The van der Waals surface area contributed by atoms with E-state index in [9.17, 15) is 9.59 Å². The molecule has 0 unspecified atom stereocenters. The summed E-state index contributed by atoms with van der Waals surface area (Å²) < 4.78 is 1.54. The van der Waals surface area contributed by atoms with E-state index in [-0.39, 0.29) is 18.4 Å². The Balaban J connectivity index is 1.86. The second-order valence-corrected chi connectivity index (χ2v) is 5.54. The first kappa shape index (κ1) is 15.5. The van der Waals surface area contributed by atoms with Crippen LogP contribution in [0.4, 0.5) is 0 Å². The molecular formula is C14H23N5O2. The van der Waals surface area contributed by atoms with E-state index in [1.54, 1.807) is 25.5 Å². The normalized spacial score (nSPS) is 16.6. The Morgan fingerprint density at radius 3 is 2.48 bits per heavy atom.